The van der Waals surface area contributed by atoms with E-state index in [-0.39, 0.29) is 28.7 Å². The zero-order chi connectivity index (χ0) is 31.2. The second kappa shape index (κ2) is 13.6. The number of hydrogen-bond donors (Lipinski definition) is 0. The number of ether oxygens (including phenoxy) is 1. The fourth-order valence-electron chi connectivity index (χ4n) is 4.88. The van der Waals surface area contributed by atoms with Crippen LogP contribution in [0.15, 0.2) is 97.1 Å². The first-order chi connectivity index (χ1) is 21.2. The quantitative estimate of drug-likeness (QED) is 0.0686. The second-order valence-electron chi connectivity index (χ2n) is 10.3. The minimum atomic E-state index is -1.06. The summed E-state index contributed by atoms with van der Waals surface area (Å²) in [6.07, 6.45) is 2.80. The van der Waals surface area contributed by atoms with Crippen LogP contribution in [0, 0.1) is 34.9 Å². The number of unbranched alkanes of at least 4 members (excludes halogenated alkanes) is 2. The van der Waals surface area contributed by atoms with Crippen molar-refractivity contribution in [1.82, 2.24) is 0 Å². The van der Waals surface area contributed by atoms with E-state index in [2.05, 4.69) is 0 Å². The molecule has 0 amide bonds. The molecule has 5 rings (SSSR count). The standard InChI is InChI=1S/C36H26F6O2/c37-30-16-10-25(20-34(30)41)28-14-6-22(18-32(28)39)4-2-1-3-5-36(43)44-27-12-7-23(8-13-27)24-9-15-29(33(40)19-24)26-11-17-31(38)35(42)21-26/h6-21H,1-5H2. The molecule has 0 radical (unpaired) electrons. The molecule has 0 aliphatic carbocycles. The molecule has 0 aromatic heterocycles. The first kappa shape index (κ1) is 30.6. The Morgan fingerprint density at radius 2 is 1.00 bits per heavy atom. The van der Waals surface area contributed by atoms with Crippen molar-refractivity contribution in [3.63, 3.8) is 0 Å². The number of rotatable bonds is 10. The van der Waals surface area contributed by atoms with Gasteiger partial charge in [0.1, 0.15) is 17.4 Å². The lowest BCUT2D eigenvalue weighted by atomic mass is 9.99. The van der Waals surface area contributed by atoms with E-state index in [1.54, 1.807) is 42.5 Å². The Hall–Kier alpha value is -4.85. The molecule has 0 spiro atoms. The topological polar surface area (TPSA) is 26.3 Å². The van der Waals surface area contributed by atoms with E-state index in [1.807, 2.05) is 0 Å². The van der Waals surface area contributed by atoms with Crippen LogP contribution < -0.4 is 4.74 Å². The van der Waals surface area contributed by atoms with Gasteiger partial charge in [-0.2, -0.15) is 0 Å². The monoisotopic (exact) mass is 604 g/mol. The summed E-state index contributed by atoms with van der Waals surface area (Å²) in [7, 11) is 0. The van der Waals surface area contributed by atoms with Crippen LogP contribution in [0.4, 0.5) is 26.3 Å². The normalized spacial score (nSPS) is 11.0. The Morgan fingerprint density at radius 3 is 1.57 bits per heavy atom. The maximum absolute atomic E-state index is 14.8. The molecule has 0 aliphatic rings. The minimum Gasteiger partial charge on any atom is -0.427 e. The Kier molecular flexibility index (Phi) is 9.48. The summed E-state index contributed by atoms with van der Waals surface area (Å²) in [6, 6.07) is 22.1. The molecule has 8 heteroatoms. The molecule has 0 unspecified atom stereocenters. The SMILES string of the molecule is O=C(CCCCCc1ccc(-c2ccc(F)c(F)c2)c(F)c1)Oc1ccc(-c2ccc(-c3ccc(F)c(F)c3)c(F)c2)cc1. The largest absolute Gasteiger partial charge is 0.427 e. The summed E-state index contributed by atoms with van der Waals surface area (Å²) in [5.41, 5.74) is 2.80. The fraction of sp³-hybridized carbons (Fsp3) is 0.139. The van der Waals surface area contributed by atoms with Crippen molar-refractivity contribution in [2.24, 2.45) is 0 Å². The molecule has 5 aromatic carbocycles. The lowest BCUT2D eigenvalue weighted by Gasteiger charge is -2.09. The van der Waals surface area contributed by atoms with Gasteiger partial charge in [0, 0.05) is 17.5 Å². The summed E-state index contributed by atoms with van der Waals surface area (Å²) in [4.78, 5) is 12.3. The lowest BCUT2D eigenvalue weighted by molar-refractivity contribution is -0.134. The average molecular weight is 605 g/mol. The Bertz CT molecular complexity index is 1800. The van der Waals surface area contributed by atoms with Crippen LogP contribution in [-0.2, 0) is 11.2 Å². The number of halogens is 6. The molecule has 0 N–H and O–H groups in total. The summed E-state index contributed by atoms with van der Waals surface area (Å²) < 4.78 is 88.2. The van der Waals surface area contributed by atoms with E-state index in [4.69, 9.17) is 4.74 Å². The molecular weight excluding hydrogens is 578 g/mol. The van der Waals surface area contributed by atoms with Gasteiger partial charge < -0.3 is 4.74 Å². The van der Waals surface area contributed by atoms with Gasteiger partial charge in [0.05, 0.1) is 0 Å². The maximum atomic E-state index is 14.8. The number of carbonyl (C=O) groups excluding carboxylic acids is 1. The lowest BCUT2D eigenvalue weighted by Crippen LogP contribution is -2.07. The second-order valence-corrected chi connectivity index (χ2v) is 10.3. The van der Waals surface area contributed by atoms with E-state index in [0.29, 0.717) is 36.1 Å². The van der Waals surface area contributed by atoms with Crippen molar-refractivity contribution < 1.29 is 35.9 Å². The van der Waals surface area contributed by atoms with Crippen LogP contribution in [0.2, 0.25) is 0 Å². The Morgan fingerprint density at radius 1 is 0.477 bits per heavy atom. The van der Waals surface area contributed by atoms with E-state index in [9.17, 15) is 31.1 Å². The zero-order valence-electron chi connectivity index (χ0n) is 23.4. The van der Waals surface area contributed by atoms with E-state index in [0.717, 1.165) is 36.2 Å². The first-order valence-electron chi connectivity index (χ1n) is 14.0. The predicted molar refractivity (Wildman–Crippen MR) is 157 cm³/mol. The van der Waals surface area contributed by atoms with Gasteiger partial charge in [-0.3, -0.25) is 4.79 Å². The molecule has 44 heavy (non-hydrogen) atoms. The summed E-state index contributed by atoms with van der Waals surface area (Å²) >= 11 is 0. The van der Waals surface area contributed by atoms with Crippen molar-refractivity contribution in [1.29, 1.82) is 0 Å². The fourth-order valence-corrected chi connectivity index (χ4v) is 4.88. The highest BCUT2D eigenvalue weighted by atomic mass is 19.2. The van der Waals surface area contributed by atoms with Crippen LogP contribution >= 0.6 is 0 Å². The molecular formula is C36H26F6O2. The van der Waals surface area contributed by atoms with Gasteiger partial charge in [-0.1, -0.05) is 55.0 Å². The van der Waals surface area contributed by atoms with Crippen molar-refractivity contribution in [2.45, 2.75) is 32.1 Å². The third-order valence-corrected chi connectivity index (χ3v) is 7.23. The predicted octanol–water partition coefficient (Wildman–Crippen LogP) is 10.2. The molecule has 0 heterocycles. The van der Waals surface area contributed by atoms with E-state index >= 15 is 0 Å². The van der Waals surface area contributed by atoms with Crippen molar-refractivity contribution >= 4 is 5.97 Å². The van der Waals surface area contributed by atoms with Crippen LogP contribution in [0.25, 0.3) is 33.4 Å². The maximum Gasteiger partial charge on any atom is 0.311 e. The van der Waals surface area contributed by atoms with Gasteiger partial charge >= 0.3 is 5.97 Å². The first-order valence-corrected chi connectivity index (χ1v) is 14.0. The highest BCUT2D eigenvalue weighted by Gasteiger charge is 2.12. The number of hydrogen-bond acceptors (Lipinski definition) is 2. The highest BCUT2D eigenvalue weighted by Crippen LogP contribution is 2.30. The summed E-state index contributed by atoms with van der Waals surface area (Å²) in [5, 5.41) is 0. The Labute approximate surface area is 250 Å². The van der Waals surface area contributed by atoms with Crippen LogP contribution in [0.3, 0.4) is 0 Å². The molecule has 0 atom stereocenters. The van der Waals surface area contributed by atoms with Gasteiger partial charge in [-0.15, -0.1) is 0 Å². The van der Waals surface area contributed by atoms with Crippen molar-refractivity contribution in [3.05, 3.63) is 138 Å². The van der Waals surface area contributed by atoms with Crippen molar-refractivity contribution in [3.8, 4) is 39.1 Å². The van der Waals surface area contributed by atoms with E-state index in [1.165, 1.54) is 30.3 Å². The van der Waals surface area contributed by atoms with Gasteiger partial charge in [-0.05, 0) is 95.6 Å². The van der Waals surface area contributed by atoms with Gasteiger partial charge in [0.25, 0.3) is 0 Å². The number of aryl methyl sites for hydroxylation is 1. The van der Waals surface area contributed by atoms with Crippen LogP contribution in [-0.4, -0.2) is 5.97 Å². The molecule has 2 nitrogen and oxygen atoms in total. The molecule has 0 saturated carbocycles. The smallest absolute Gasteiger partial charge is 0.311 e. The van der Waals surface area contributed by atoms with Crippen LogP contribution in [0.5, 0.6) is 5.75 Å². The molecule has 0 aliphatic heterocycles. The van der Waals surface area contributed by atoms with Crippen LogP contribution in [0.1, 0.15) is 31.2 Å². The Balaban J connectivity index is 1.07. The summed E-state index contributed by atoms with van der Waals surface area (Å²) in [5.74, 6) is -5.26. The van der Waals surface area contributed by atoms with Gasteiger partial charge in [0.2, 0.25) is 0 Å². The van der Waals surface area contributed by atoms with Crippen molar-refractivity contribution in [2.75, 3.05) is 0 Å². The molecule has 0 fully saturated rings. The highest BCUT2D eigenvalue weighted by molar-refractivity contribution is 5.74. The number of benzene rings is 5. The molecule has 5 aromatic rings. The minimum absolute atomic E-state index is 0.142. The third-order valence-electron chi connectivity index (χ3n) is 7.23. The number of carbonyl (C=O) groups is 1. The van der Waals surface area contributed by atoms with E-state index < -0.39 is 40.9 Å². The number of esters is 1. The average Bonchev–Trinajstić information content (AvgIpc) is 3.00. The van der Waals surface area contributed by atoms with Gasteiger partial charge in [-0.25, -0.2) is 26.3 Å². The molecule has 0 saturated heterocycles. The summed E-state index contributed by atoms with van der Waals surface area (Å²) in [6.45, 7) is 0. The molecule has 224 valence electrons. The molecule has 0 bridgehead atoms. The third kappa shape index (κ3) is 7.37. The van der Waals surface area contributed by atoms with Gasteiger partial charge in [0.15, 0.2) is 23.3 Å². The zero-order valence-corrected chi connectivity index (χ0v) is 23.4.